The Labute approximate surface area is 88.8 Å². The highest BCUT2D eigenvalue weighted by molar-refractivity contribution is 6.29. The fourth-order valence-electron chi connectivity index (χ4n) is 1.61. The first-order valence-corrected chi connectivity index (χ1v) is 5.19. The van der Waals surface area contributed by atoms with Crippen LogP contribution in [-0.2, 0) is 9.53 Å². The van der Waals surface area contributed by atoms with Crippen LogP contribution >= 0.6 is 11.6 Å². The van der Waals surface area contributed by atoms with Gasteiger partial charge in [0, 0.05) is 25.8 Å². The lowest BCUT2D eigenvalue weighted by Gasteiger charge is -2.31. The fraction of sp³-hybridized carbons (Fsp3) is 0.889. The number of halogens is 1. The molecule has 0 saturated carbocycles. The Morgan fingerprint density at radius 3 is 2.71 bits per heavy atom. The summed E-state index contributed by atoms with van der Waals surface area (Å²) in [6.45, 7) is 1.91. The topological polar surface area (TPSA) is 49.8 Å². The van der Waals surface area contributed by atoms with Gasteiger partial charge in [-0.1, -0.05) is 0 Å². The third kappa shape index (κ3) is 3.44. The second-order valence-corrected chi connectivity index (χ2v) is 4.12. The van der Waals surface area contributed by atoms with Crippen LogP contribution in [0.25, 0.3) is 0 Å². The van der Waals surface area contributed by atoms with Gasteiger partial charge in [-0.3, -0.25) is 4.79 Å². The second-order valence-electron chi connectivity index (χ2n) is 3.59. The molecule has 1 saturated heterocycles. The van der Waals surface area contributed by atoms with E-state index < -0.39 is 11.3 Å². The summed E-state index contributed by atoms with van der Waals surface area (Å²) < 4.78 is 5.23. The minimum absolute atomic E-state index is 0.390. The van der Waals surface area contributed by atoms with Crippen molar-refractivity contribution >= 4 is 17.6 Å². The Morgan fingerprint density at radius 1 is 1.64 bits per heavy atom. The highest BCUT2D eigenvalue weighted by Crippen LogP contribution is 2.14. The van der Waals surface area contributed by atoms with Gasteiger partial charge in [0.2, 0.25) is 0 Å². The third-order valence-electron chi connectivity index (χ3n) is 2.53. The second kappa shape index (κ2) is 5.53. The van der Waals surface area contributed by atoms with E-state index in [2.05, 4.69) is 0 Å². The maximum Gasteiger partial charge on any atom is 0.322 e. The van der Waals surface area contributed by atoms with Crippen molar-refractivity contribution in [3.05, 3.63) is 0 Å². The number of carboxylic acids is 1. The first-order valence-electron chi connectivity index (χ1n) is 4.76. The smallest absolute Gasteiger partial charge is 0.322 e. The Kier molecular flexibility index (Phi) is 4.65. The van der Waals surface area contributed by atoms with Crippen LogP contribution in [0.2, 0.25) is 0 Å². The molecule has 1 aliphatic rings. The molecule has 0 aliphatic carbocycles. The van der Waals surface area contributed by atoms with Crippen LogP contribution < -0.4 is 0 Å². The minimum atomic E-state index is -0.953. The normalized spacial score (nSPS) is 21.1. The summed E-state index contributed by atoms with van der Waals surface area (Å²) in [5, 5.41) is 7.83. The molecule has 0 aromatic carbocycles. The van der Waals surface area contributed by atoms with Gasteiger partial charge < -0.3 is 14.7 Å². The molecule has 1 atom stereocenters. The van der Waals surface area contributed by atoms with Gasteiger partial charge in [0.25, 0.3) is 0 Å². The molecular weight excluding hydrogens is 206 g/mol. The Bertz CT molecular complexity index is 194. The maximum absolute atomic E-state index is 10.5. The van der Waals surface area contributed by atoms with Crippen molar-refractivity contribution in [2.24, 2.45) is 0 Å². The summed E-state index contributed by atoms with van der Waals surface area (Å²) in [5.41, 5.74) is 0. The number of nitrogens with zero attached hydrogens (tertiary/aromatic N) is 1. The quantitative estimate of drug-likeness (QED) is 0.714. The summed E-state index contributed by atoms with van der Waals surface area (Å²) in [7, 11) is 1.91. The van der Waals surface area contributed by atoms with Crippen molar-refractivity contribution in [3.8, 4) is 0 Å². The van der Waals surface area contributed by atoms with Crippen LogP contribution in [0.1, 0.15) is 12.8 Å². The number of carboxylic acid groups (broad SMARTS) is 1. The van der Waals surface area contributed by atoms with Crippen LogP contribution in [0, 0.1) is 0 Å². The monoisotopic (exact) mass is 221 g/mol. The summed E-state index contributed by atoms with van der Waals surface area (Å²) in [4.78, 5) is 12.5. The molecule has 0 aromatic heterocycles. The van der Waals surface area contributed by atoms with E-state index in [-0.39, 0.29) is 0 Å². The molecule has 5 heteroatoms. The number of hydrogen-bond acceptors (Lipinski definition) is 3. The van der Waals surface area contributed by atoms with Crippen molar-refractivity contribution < 1.29 is 14.6 Å². The van der Waals surface area contributed by atoms with E-state index in [0.29, 0.717) is 12.6 Å². The Hall–Kier alpha value is -0.320. The van der Waals surface area contributed by atoms with Gasteiger partial charge in [-0.05, 0) is 19.9 Å². The molecule has 1 heterocycles. The molecule has 0 bridgehead atoms. The van der Waals surface area contributed by atoms with Crippen molar-refractivity contribution in [1.82, 2.24) is 4.90 Å². The highest BCUT2D eigenvalue weighted by Gasteiger charge is 2.23. The third-order valence-corrected chi connectivity index (χ3v) is 2.86. The SMILES string of the molecule is CN(CC(Cl)C(=O)O)C1CCOCC1. The molecule has 4 nitrogen and oxygen atoms in total. The maximum atomic E-state index is 10.5. The molecule has 1 N–H and O–H groups in total. The molecule has 0 amide bonds. The van der Waals surface area contributed by atoms with Crippen LogP contribution in [-0.4, -0.2) is 54.2 Å². The number of rotatable bonds is 4. The predicted octanol–water partition coefficient (Wildman–Crippen LogP) is 0.789. The first-order chi connectivity index (χ1) is 6.61. The van der Waals surface area contributed by atoms with Crippen LogP contribution in [0.4, 0.5) is 0 Å². The average molecular weight is 222 g/mol. The van der Waals surface area contributed by atoms with Crippen LogP contribution in [0.5, 0.6) is 0 Å². The molecule has 0 spiro atoms. The van der Waals surface area contributed by atoms with E-state index >= 15 is 0 Å². The zero-order valence-corrected chi connectivity index (χ0v) is 9.04. The molecule has 14 heavy (non-hydrogen) atoms. The molecule has 1 rings (SSSR count). The van der Waals surface area contributed by atoms with E-state index in [9.17, 15) is 4.79 Å². The standard InChI is InChI=1S/C9H16ClNO3/c1-11(6-8(10)9(12)13)7-2-4-14-5-3-7/h7-8H,2-6H2,1H3,(H,12,13). The Morgan fingerprint density at radius 2 is 2.21 bits per heavy atom. The van der Waals surface area contributed by atoms with Gasteiger partial charge in [-0.15, -0.1) is 11.6 Å². The lowest BCUT2D eigenvalue weighted by molar-refractivity contribution is -0.137. The lowest BCUT2D eigenvalue weighted by atomic mass is 10.1. The van der Waals surface area contributed by atoms with Crippen molar-refractivity contribution in [2.75, 3.05) is 26.8 Å². The molecule has 0 radical (unpaired) electrons. The van der Waals surface area contributed by atoms with Crippen LogP contribution in [0.15, 0.2) is 0 Å². The first kappa shape index (κ1) is 11.8. The van der Waals surface area contributed by atoms with E-state index in [0.717, 1.165) is 26.1 Å². The number of carbonyl (C=O) groups is 1. The number of ether oxygens (including phenoxy) is 1. The number of aliphatic carboxylic acids is 1. The molecule has 1 unspecified atom stereocenters. The molecule has 1 aliphatic heterocycles. The molecule has 0 aromatic rings. The molecule has 1 fully saturated rings. The van der Waals surface area contributed by atoms with Gasteiger partial charge in [-0.2, -0.15) is 0 Å². The zero-order chi connectivity index (χ0) is 10.6. The van der Waals surface area contributed by atoms with Gasteiger partial charge in [0.1, 0.15) is 5.38 Å². The Balaban J connectivity index is 2.32. The summed E-state index contributed by atoms with van der Waals surface area (Å²) in [6.07, 6.45) is 1.92. The summed E-state index contributed by atoms with van der Waals surface area (Å²) in [5.74, 6) is -0.953. The molecular formula is C9H16ClNO3. The van der Waals surface area contributed by atoms with E-state index in [1.165, 1.54) is 0 Å². The van der Waals surface area contributed by atoms with Gasteiger partial charge in [0.05, 0.1) is 0 Å². The summed E-state index contributed by atoms with van der Waals surface area (Å²) >= 11 is 5.66. The van der Waals surface area contributed by atoms with E-state index in [1.54, 1.807) is 0 Å². The molecule has 82 valence electrons. The van der Waals surface area contributed by atoms with Gasteiger partial charge in [-0.25, -0.2) is 0 Å². The van der Waals surface area contributed by atoms with Crippen LogP contribution in [0.3, 0.4) is 0 Å². The minimum Gasteiger partial charge on any atom is -0.480 e. The van der Waals surface area contributed by atoms with Crippen molar-refractivity contribution in [1.29, 1.82) is 0 Å². The number of alkyl halides is 1. The fourth-order valence-corrected chi connectivity index (χ4v) is 1.82. The average Bonchev–Trinajstić information content (AvgIpc) is 2.19. The number of hydrogen-bond donors (Lipinski definition) is 1. The highest BCUT2D eigenvalue weighted by atomic mass is 35.5. The van der Waals surface area contributed by atoms with Gasteiger partial charge in [0.15, 0.2) is 0 Å². The summed E-state index contributed by atoms with van der Waals surface area (Å²) in [6, 6.07) is 0.407. The van der Waals surface area contributed by atoms with Crippen molar-refractivity contribution in [2.45, 2.75) is 24.3 Å². The zero-order valence-electron chi connectivity index (χ0n) is 8.28. The largest absolute Gasteiger partial charge is 0.480 e. The van der Waals surface area contributed by atoms with Gasteiger partial charge >= 0.3 is 5.97 Å². The van der Waals surface area contributed by atoms with Crippen molar-refractivity contribution in [3.63, 3.8) is 0 Å². The lowest BCUT2D eigenvalue weighted by Crippen LogP contribution is -2.41. The van der Waals surface area contributed by atoms with E-state index in [1.807, 2.05) is 11.9 Å². The predicted molar refractivity (Wildman–Crippen MR) is 53.7 cm³/mol. The van der Waals surface area contributed by atoms with E-state index in [4.69, 9.17) is 21.4 Å².